The summed E-state index contributed by atoms with van der Waals surface area (Å²) >= 11 is 0. The molecule has 2 saturated heterocycles. The van der Waals surface area contributed by atoms with Crippen molar-refractivity contribution >= 4 is 17.4 Å². The van der Waals surface area contributed by atoms with Gasteiger partial charge in [0, 0.05) is 25.8 Å². The third kappa shape index (κ3) is 1.78. The van der Waals surface area contributed by atoms with Crippen LogP contribution >= 0.6 is 0 Å². The van der Waals surface area contributed by atoms with Gasteiger partial charge >= 0.3 is 5.97 Å². The number of benzene rings is 1. The van der Waals surface area contributed by atoms with Gasteiger partial charge in [0.05, 0.1) is 30.2 Å². The van der Waals surface area contributed by atoms with Crippen LogP contribution in [0.5, 0.6) is 0 Å². The highest BCUT2D eigenvalue weighted by Crippen LogP contribution is 2.61. The maximum Gasteiger partial charge on any atom is 0.310 e. The predicted molar refractivity (Wildman–Crippen MR) is 98.5 cm³/mol. The number of nitrogens with zero attached hydrogens (tertiary/aromatic N) is 2. The molecular weight excluding hydrogens is 328 g/mol. The number of para-hydroxylation sites is 1. The van der Waals surface area contributed by atoms with Crippen molar-refractivity contribution in [2.75, 3.05) is 20.8 Å². The lowest BCUT2D eigenvalue weighted by Crippen LogP contribution is -2.71. The summed E-state index contributed by atoms with van der Waals surface area (Å²) in [6.45, 7) is 2.91. The molecule has 4 aliphatic rings. The molecule has 0 N–H and O–H groups in total. The molecule has 5 heteroatoms. The van der Waals surface area contributed by atoms with E-state index in [1.807, 2.05) is 6.07 Å². The largest absolute Gasteiger partial charge is 0.469 e. The molecule has 26 heavy (non-hydrogen) atoms. The second-order valence-corrected chi connectivity index (χ2v) is 7.77. The van der Waals surface area contributed by atoms with Crippen molar-refractivity contribution < 1.29 is 14.3 Å². The minimum atomic E-state index is -0.414. The molecule has 136 valence electrons. The third-order valence-electron chi connectivity index (χ3n) is 7.01. The van der Waals surface area contributed by atoms with Crippen LogP contribution in [0.2, 0.25) is 0 Å². The molecule has 3 heterocycles. The Morgan fingerprint density at radius 3 is 2.88 bits per heavy atom. The Kier molecular flexibility index (Phi) is 3.43. The number of rotatable bonds is 2. The number of hydrogen-bond donors (Lipinski definition) is 0. The van der Waals surface area contributed by atoms with E-state index in [2.05, 4.69) is 36.1 Å². The van der Waals surface area contributed by atoms with E-state index in [4.69, 9.17) is 14.5 Å². The summed E-state index contributed by atoms with van der Waals surface area (Å²) in [5.41, 5.74) is 4.22. The molecule has 0 spiro atoms. The fraction of sp³-hybridized carbons (Fsp3) is 0.524. The van der Waals surface area contributed by atoms with E-state index in [0.717, 1.165) is 30.8 Å². The second-order valence-electron chi connectivity index (χ2n) is 7.77. The van der Waals surface area contributed by atoms with Gasteiger partial charge in [0.1, 0.15) is 6.23 Å². The average molecular weight is 352 g/mol. The summed E-state index contributed by atoms with van der Waals surface area (Å²) in [4.78, 5) is 20.6. The molecule has 0 aromatic heterocycles. The Labute approximate surface area is 153 Å². The lowest BCUT2D eigenvalue weighted by molar-refractivity contribution is -0.158. The summed E-state index contributed by atoms with van der Waals surface area (Å²) in [6, 6.07) is 8.51. The first-order chi connectivity index (χ1) is 12.7. The Hall–Kier alpha value is -1.98. The molecule has 1 aliphatic carbocycles. The van der Waals surface area contributed by atoms with Crippen molar-refractivity contribution in [3.05, 3.63) is 41.5 Å². The minimum absolute atomic E-state index is 0.0199. The first-order valence-corrected chi connectivity index (χ1v) is 9.35. The molecule has 1 aromatic carbocycles. The molecule has 5 atom stereocenters. The minimum Gasteiger partial charge on any atom is -0.469 e. The summed E-state index contributed by atoms with van der Waals surface area (Å²) in [7, 11) is 3.28. The van der Waals surface area contributed by atoms with Gasteiger partial charge in [-0.3, -0.25) is 14.7 Å². The van der Waals surface area contributed by atoms with Crippen molar-refractivity contribution in [3.63, 3.8) is 0 Å². The molecule has 5 rings (SSSR count). The van der Waals surface area contributed by atoms with Gasteiger partial charge in [0.25, 0.3) is 0 Å². The molecular formula is C21H24N2O3. The molecule has 3 fully saturated rings. The fourth-order valence-corrected chi connectivity index (χ4v) is 6.00. The van der Waals surface area contributed by atoms with Gasteiger partial charge in [0.2, 0.25) is 0 Å². The Morgan fingerprint density at radius 2 is 2.15 bits per heavy atom. The van der Waals surface area contributed by atoms with Crippen LogP contribution in [0.3, 0.4) is 0 Å². The zero-order chi connectivity index (χ0) is 18.1. The highest BCUT2D eigenvalue weighted by atomic mass is 16.5. The van der Waals surface area contributed by atoms with Crippen LogP contribution in [0.15, 0.2) is 40.9 Å². The summed E-state index contributed by atoms with van der Waals surface area (Å²) in [6.07, 6.45) is 3.82. The van der Waals surface area contributed by atoms with Crippen LogP contribution < -0.4 is 0 Å². The number of aliphatic imine (C=N–C) groups is 1. The molecule has 3 bridgehead atoms. The summed E-state index contributed by atoms with van der Waals surface area (Å²) in [5, 5.41) is 0. The van der Waals surface area contributed by atoms with E-state index in [1.54, 1.807) is 7.11 Å². The number of fused-ring (bicyclic) bond motifs is 2. The molecule has 0 radical (unpaired) electrons. The quantitative estimate of drug-likeness (QED) is 0.607. The monoisotopic (exact) mass is 352 g/mol. The number of carbonyl (C=O) groups is 1. The molecule has 1 aromatic rings. The van der Waals surface area contributed by atoms with Crippen LogP contribution in [0.4, 0.5) is 5.69 Å². The van der Waals surface area contributed by atoms with Gasteiger partial charge < -0.3 is 9.47 Å². The molecule has 0 unspecified atom stereocenters. The number of esters is 1. The Morgan fingerprint density at radius 1 is 1.35 bits per heavy atom. The van der Waals surface area contributed by atoms with Crippen LogP contribution in [-0.4, -0.2) is 49.6 Å². The zero-order valence-electron chi connectivity index (χ0n) is 15.4. The highest BCUT2D eigenvalue weighted by Gasteiger charge is 2.67. The molecule has 5 nitrogen and oxygen atoms in total. The summed E-state index contributed by atoms with van der Waals surface area (Å²) < 4.78 is 11.3. The van der Waals surface area contributed by atoms with E-state index in [9.17, 15) is 4.79 Å². The van der Waals surface area contributed by atoms with Gasteiger partial charge in [0.15, 0.2) is 0 Å². The van der Waals surface area contributed by atoms with E-state index in [0.29, 0.717) is 0 Å². The number of allylic oxidation sites excluding steroid dienone is 1. The lowest BCUT2D eigenvalue weighted by Gasteiger charge is -2.61. The van der Waals surface area contributed by atoms with E-state index in [1.165, 1.54) is 18.2 Å². The van der Waals surface area contributed by atoms with Gasteiger partial charge in [-0.05, 0) is 30.9 Å². The molecule has 3 aliphatic heterocycles. The third-order valence-corrected chi connectivity index (χ3v) is 7.01. The smallest absolute Gasteiger partial charge is 0.310 e. The lowest BCUT2D eigenvalue weighted by atomic mass is 9.50. The maximum atomic E-state index is 13.1. The zero-order valence-corrected chi connectivity index (χ0v) is 15.4. The number of methoxy groups -OCH3 is 2. The van der Waals surface area contributed by atoms with E-state index in [-0.39, 0.29) is 30.1 Å². The van der Waals surface area contributed by atoms with Crippen molar-refractivity contribution in [2.45, 2.75) is 37.5 Å². The van der Waals surface area contributed by atoms with Crippen LogP contribution in [0.1, 0.15) is 25.3 Å². The Bertz CT molecular complexity index is 845. The normalized spacial score (nSPS) is 38.7. The van der Waals surface area contributed by atoms with Gasteiger partial charge in [-0.1, -0.05) is 29.8 Å². The van der Waals surface area contributed by atoms with E-state index >= 15 is 0 Å². The number of piperidine rings is 2. The maximum absolute atomic E-state index is 13.1. The second kappa shape index (κ2) is 5.51. The first-order valence-electron chi connectivity index (χ1n) is 9.35. The first kappa shape index (κ1) is 16.2. The van der Waals surface area contributed by atoms with Crippen molar-refractivity contribution in [1.82, 2.24) is 4.90 Å². The van der Waals surface area contributed by atoms with Gasteiger partial charge in [-0.25, -0.2) is 0 Å². The molecule has 1 saturated carbocycles. The highest BCUT2D eigenvalue weighted by molar-refractivity contribution is 6.09. The molecule has 0 amide bonds. The van der Waals surface area contributed by atoms with Crippen LogP contribution in [0, 0.1) is 11.8 Å². The number of carbonyl (C=O) groups excluding carboxylic acids is 1. The predicted octanol–water partition coefficient (Wildman–Crippen LogP) is 2.83. The SMILES string of the molecule is CC=C1CN2[C@H](OC)C[C@]34C(=Nc5ccccc53)[C@@H]2C[C@@H]1[C@H]4C(=O)OC. The van der Waals surface area contributed by atoms with Gasteiger partial charge in [-0.15, -0.1) is 0 Å². The van der Waals surface area contributed by atoms with Crippen molar-refractivity contribution in [2.24, 2.45) is 16.8 Å². The standard InChI is InChI=1S/C21H24N2O3/c1-4-12-11-23-16-9-13(12)18(20(24)26-3)21(10-17(23)25-2)14-7-5-6-8-15(14)22-19(16)21/h4-8,13,16-18H,9-11H2,1-3H3/t13-,16-,17+,18-,21-/m0/s1. The number of hydrogen-bond acceptors (Lipinski definition) is 5. The fourth-order valence-electron chi connectivity index (χ4n) is 6.00. The van der Waals surface area contributed by atoms with Crippen molar-refractivity contribution in [1.29, 1.82) is 0 Å². The average Bonchev–Trinajstić information content (AvgIpc) is 3.02. The van der Waals surface area contributed by atoms with Crippen LogP contribution in [-0.2, 0) is 19.7 Å². The van der Waals surface area contributed by atoms with Crippen LogP contribution in [0.25, 0.3) is 0 Å². The van der Waals surface area contributed by atoms with E-state index < -0.39 is 5.41 Å². The van der Waals surface area contributed by atoms with Gasteiger partial charge in [-0.2, -0.15) is 0 Å². The van der Waals surface area contributed by atoms with Crippen molar-refractivity contribution in [3.8, 4) is 0 Å². The Balaban J connectivity index is 1.80. The summed E-state index contributed by atoms with van der Waals surface area (Å²) in [5.74, 6) is -0.156. The number of ether oxygens (including phenoxy) is 2. The topological polar surface area (TPSA) is 51.1 Å².